The number of nitrogens with two attached hydrogens (primary N) is 1. The second-order valence-corrected chi connectivity index (χ2v) is 7.81. The Morgan fingerprint density at radius 2 is 1.70 bits per heavy atom. The van der Waals surface area contributed by atoms with Crippen LogP contribution in [0.25, 0.3) is 5.69 Å². The first kappa shape index (κ1) is 19.8. The van der Waals surface area contributed by atoms with Gasteiger partial charge in [-0.05, 0) is 44.5 Å². The van der Waals surface area contributed by atoms with Gasteiger partial charge in [0, 0.05) is 11.4 Å². The first-order chi connectivity index (χ1) is 14.5. The molecule has 4 aromatic rings. The molecule has 0 fully saturated rings. The molecule has 0 amide bonds. The Morgan fingerprint density at radius 1 is 0.933 bits per heavy atom. The smallest absolute Gasteiger partial charge is 0.232 e. The average molecular weight is 419 g/mol. The highest BCUT2D eigenvalue weighted by atomic mass is 32.2. The van der Waals surface area contributed by atoms with E-state index in [9.17, 15) is 0 Å². The van der Waals surface area contributed by atoms with Crippen LogP contribution in [-0.2, 0) is 5.75 Å². The summed E-state index contributed by atoms with van der Waals surface area (Å²) in [4.78, 5) is 13.0. The van der Waals surface area contributed by atoms with E-state index < -0.39 is 0 Å². The standard InChI is InChI=1S/C21H22N8S/c1-13-8-10-16(11-9-13)29-15(3)27-28-21(29)30-12-18-24-19(22)26-20(25-18)23-17-7-5-4-6-14(17)2/h4-11H,12H2,1-3H3,(H3,22,23,24,25,26). The van der Waals surface area contributed by atoms with E-state index in [1.165, 1.54) is 17.3 Å². The molecule has 9 heteroatoms. The second-order valence-electron chi connectivity index (χ2n) is 6.86. The lowest BCUT2D eigenvalue weighted by Crippen LogP contribution is -2.07. The van der Waals surface area contributed by atoms with Crippen LogP contribution < -0.4 is 11.1 Å². The maximum absolute atomic E-state index is 5.91. The van der Waals surface area contributed by atoms with Crippen molar-refractivity contribution < 1.29 is 0 Å². The Morgan fingerprint density at radius 3 is 2.47 bits per heavy atom. The zero-order chi connectivity index (χ0) is 21.1. The van der Waals surface area contributed by atoms with Gasteiger partial charge in [0.1, 0.15) is 11.6 Å². The van der Waals surface area contributed by atoms with E-state index in [0.29, 0.717) is 17.5 Å². The first-order valence-corrected chi connectivity index (χ1v) is 10.4. The Labute approximate surface area is 179 Å². The van der Waals surface area contributed by atoms with Gasteiger partial charge in [-0.2, -0.15) is 15.0 Å². The van der Waals surface area contributed by atoms with Crippen molar-refractivity contribution in [3.8, 4) is 5.69 Å². The molecule has 2 aromatic carbocycles. The van der Waals surface area contributed by atoms with Crippen LogP contribution in [0, 0.1) is 20.8 Å². The molecule has 2 heterocycles. The van der Waals surface area contributed by atoms with Crippen molar-refractivity contribution in [3.05, 3.63) is 71.3 Å². The lowest BCUT2D eigenvalue weighted by atomic mass is 10.2. The summed E-state index contributed by atoms with van der Waals surface area (Å²) in [6.45, 7) is 6.01. The molecule has 0 aliphatic rings. The van der Waals surface area contributed by atoms with Crippen LogP contribution in [0.2, 0.25) is 0 Å². The Hall–Kier alpha value is -3.46. The molecule has 2 aromatic heterocycles. The van der Waals surface area contributed by atoms with Crippen LogP contribution in [0.1, 0.15) is 22.8 Å². The van der Waals surface area contributed by atoms with E-state index in [-0.39, 0.29) is 5.95 Å². The molecule has 3 N–H and O–H groups in total. The van der Waals surface area contributed by atoms with Gasteiger partial charge in [-0.1, -0.05) is 47.7 Å². The van der Waals surface area contributed by atoms with E-state index in [2.05, 4.69) is 61.7 Å². The van der Waals surface area contributed by atoms with Crippen molar-refractivity contribution in [2.75, 3.05) is 11.1 Å². The van der Waals surface area contributed by atoms with E-state index in [1.54, 1.807) is 0 Å². The van der Waals surface area contributed by atoms with Crippen molar-refractivity contribution in [3.63, 3.8) is 0 Å². The summed E-state index contributed by atoms with van der Waals surface area (Å²) < 4.78 is 2.02. The number of hydrogen-bond acceptors (Lipinski definition) is 8. The van der Waals surface area contributed by atoms with Gasteiger partial charge < -0.3 is 11.1 Å². The van der Waals surface area contributed by atoms with Crippen LogP contribution in [0.4, 0.5) is 17.6 Å². The topological polar surface area (TPSA) is 107 Å². The average Bonchev–Trinajstić information content (AvgIpc) is 3.09. The highest BCUT2D eigenvalue weighted by molar-refractivity contribution is 7.98. The summed E-state index contributed by atoms with van der Waals surface area (Å²) in [6, 6.07) is 16.2. The molecule has 0 saturated carbocycles. The third kappa shape index (κ3) is 4.41. The number of aryl methyl sites for hydroxylation is 3. The Kier molecular flexibility index (Phi) is 5.62. The molecule has 0 aliphatic heterocycles. The van der Waals surface area contributed by atoms with Crippen LogP contribution in [0.5, 0.6) is 0 Å². The van der Waals surface area contributed by atoms with Crippen molar-refractivity contribution in [1.29, 1.82) is 0 Å². The molecule has 30 heavy (non-hydrogen) atoms. The maximum Gasteiger partial charge on any atom is 0.232 e. The van der Waals surface area contributed by atoms with Gasteiger partial charge in [-0.15, -0.1) is 10.2 Å². The summed E-state index contributed by atoms with van der Waals surface area (Å²) in [6.07, 6.45) is 0. The monoisotopic (exact) mass is 418 g/mol. The highest BCUT2D eigenvalue weighted by Crippen LogP contribution is 2.25. The minimum Gasteiger partial charge on any atom is -0.368 e. The molecule has 4 rings (SSSR count). The molecule has 0 saturated heterocycles. The second kappa shape index (κ2) is 8.50. The lowest BCUT2D eigenvalue weighted by Gasteiger charge is -2.10. The fourth-order valence-corrected chi connectivity index (χ4v) is 3.80. The van der Waals surface area contributed by atoms with Crippen molar-refractivity contribution in [2.24, 2.45) is 0 Å². The van der Waals surface area contributed by atoms with Gasteiger partial charge in [0.15, 0.2) is 5.16 Å². The Bertz CT molecular complexity index is 1170. The number of thioether (sulfide) groups is 1. The minimum absolute atomic E-state index is 0.174. The minimum atomic E-state index is 0.174. The maximum atomic E-state index is 5.91. The van der Waals surface area contributed by atoms with E-state index in [0.717, 1.165) is 27.9 Å². The quantitative estimate of drug-likeness (QED) is 0.453. The van der Waals surface area contributed by atoms with E-state index in [4.69, 9.17) is 5.73 Å². The van der Waals surface area contributed by atoms with Crippen LogP contribution >= 0.6 is 11.8 Å². The molecular weight excluding hydrogens is 396 g/mol. The summed E-state index contributed by atoms with van der Waals surface area (Å²) >= 11 is 1.50. The van der Waals surface area contributed by atoms with Crippen molar-refractivity contribution >= 4 is 29.3 Å². The van der Waals surface area contributed by atoms with Gasteiger partial charge in [0.05, 0.1) is 5.75 Å². The molecule has 0 spiro atoms. The molecule has 0 atom stereocenters. The van der Waals surface area contributed by atoms with Gasteiger partial charge in [-0.25, -0.2) is 0 Å². The van der Waals surface area contributed by atoms with Gasteiger partial charge in [0.2, 0.25) is 11.9 Å². The first-order valence-electron chi connectivity index (χ1n) is 9.44. The zero-order valence-corrected chi connectivity index (χ0v) is 17.8. The normalized spacial score (nSPS) is 10.9. The van der Waals surface area contributed by atoms with Crippen LogP contribution in [0.15, 0.2) is 53.7 Å². The number of anilines is 3. The van der Waals surface area contributed by atoms with E-state index in [1.807, 2.05) is 42.7 Å². The Balaban J connectivity index is 1.54. The number of rotatable bonds is 6. The largest absolute Gasteiger partial charge is 0.368 e. The molecule has 8 nitrogen and oxygen atoms in total. The van der Waals surface area contributed by atoms with Gasteiger partial charge in [-0.3, -0.25) is 4.57 Å². The number of benzene rings is 2. The summed E-state index contributed by atoms with van der Waals surface area (Å²) in [5.41, 5.74) is 10.2. The number of nitrogens with zero attached hydrogens (tertiary/aromatic N) is 6. The number of nitrogens with one attached hydrogen (secondary N) is 1. The molecular formula is C21H22N8S. The highest BCUT2D eigenvalue weighted by Gasteiger charge is 2.13. The number of para-hydroxylation sites is 1. The van der Waals surface area contributed by atoms with Gasteiger partial charge >= 0.3 is 0 Å². The zero-order valence-electron chi connectivity index (χ0n) is 17.0. The summed E-state index contributed by atoms with van der Waals surface area (Å²) in [5.74, 6) is 2.47. The van der Waals surface area contributed by atoms with Crippen LogP contribution in [0.3, 0.4) is 0 Å². The number of hydrogen-bond donors (Lipinski definition) is 2. The SMILES string of the molecule is Cc1ccc(-n2c(C)nnc2SCc2nc(N)nc(Nc3ccccc3C)n2)cc1. The summed E-state index contributed by atoms with van der Waals surface area (Å²) in [7, 11) is 0. The van der Waals surface area contributed by atoms with Gasteiger partial charge in [0.25, 0.3) is 0 Å². The van der Waals surface area contributed by atoms with Crippen molar-refractivity contribution in [2.45, 2.75) is 31.7 Å². The van der Waals surface area contributed by atoms with E-state index >= 15 is 0 Å². The number of aromatic nitrogens is 6. The fraction of sp³-hybridized carbons (Fsp3) is 0.190. The predicted octanol–water partition coefficient (Wildman–Crippen LogP) is 4.00. The van der Waals surface area contributed by atoms with Crippen molar-refractivity contribution in [1.82, 2.24) is 29.7 Å². The molecule has 0 radical (unpaired) electrons. The van der Waals surface area contributed by atoms with Crippen LogP contribution in [-0.4, -0.2) is 29.7 Å². The molecule has 0 aliphatic carbocycles. The third-order valence-electron chi connectivity index (χ3n) is 4.51. The number of nitrogen functional groups attached to an aromatic ring is 1. The lowest BCUT2D eigenvalue weighted by molar-refractivity contribution is 0.865. The molecule has 0 bridgehead atoms. The summed E-state index contributed by atoms with van der Waals surface area (Å²) in [5, 5.41) is 12.5. The third-order valence-corrected chi connectivity index (χ3v) is 5.43. The fourth-order valence-electron chi connectivity index (χ4n) is 2.95. The molecule has 152 valence electrons. The molecule has 0 unspecified atom stereocenters. The predicted molar refractivity (Wildman–Crippen MR) is 119 cm³/mol.